The summed E-state index contributed by atoms with van der Waals surface area (Å²) in [6.45, 7) is 7.94. The number of anilines is 2. The maximum atomic E-state index is 5.99. The summed E-state index contributed by atoms with van der Waals surface area (Å²) >= 11 is 5.99. The summed E-state index contributed by atoms with van der Waals surface area (Å²) in [5, 5.41) is 5.92. The van der Waals surface area contributed by atoms with Crippen molar-refractivity contribution in [1.82, 2.24) is 15.0 Å². The number of halogens is 1. The molecule has 1 aliphatic rings. The van der Waals surface area contributed by atoms with Crippen LogP contribution in [0.1, 0.15) is 45.3 Å². The number of hydrogen-bond donors (Lipinski definition) is 1. The molecule has 18 heavy (non-hydrogen) atoms. The molecule has 1 aromatic heterocycles. The Bertz CT molecular complexity index is 496. The number of alkyl halides is 1. The average Bonchev–Trinajstić information content (AvgIpc) is 2.50. The van der Waals surface area contributed by atoms with Gasteiger partial charge in [0.1, 0.15) is 0 Å². The third-order valence-electron chi connectivity index (χ3n) is 2.74. The normalized spacial score (nSPS) is 19.8. The molecule has 2 N–H and O–H groups in total. The first kappa shape index (κ1) is 13.0. The quantitative estimate of drug-likeness (QED) is 0.831. The van der Waals surface area contributed by atoms with Gasteiger partial charge in [-0.1, -0.05) is 0 Å². The fourth-order valence-electron chi connectivity index (χ4n) is 2.03. The molecule has 1 aromatic rings. The summed E-state index contributed by atoms with van der Waals surface area (Å²) in [7, 11) is 0. The van der Waals surface area contributed by atoms with Gasteiger partial charge in [-0.15, -0.1) is 11.6 Å². The van der Waals surface area contributed by atoms with Crippen LogP contribution in [0, 0.1) is 0 Å². The topological polar surface area (TPSA) is 80.3 Å². The first-order chi connectivity index (χ1) is 8.29. The molecule has 0 radical (unpaired) electrons. The van der Waals surface area contributed by atoms with E-state index in [0.29, 0.717) is 11.8 Å². The van der Waals surface area contributed by atoms with Crippen LogP contribution < -0.4 is 10.7 Å². The average molecular weight is 269 g/mol. The fourth-order valence-corrected chi connectivity index (χ4v) is 2.13. The Hall–Kier alpha value is -1.43. The summed E-state index contributed by atoms with van der Waals surface area (Å²) in [6, 6.07) is 0. The Labute approximate surface area is 111 Å². The molecule has 6 nitrogen and oxygen atoms in total. The molecule has 0 bridgehead atoms. The van der Waals surface area contributed by atoms with E-state index in [4.69, 9.17) is 17.3 Å². The minimum atomic E-state index is -0.315. The Morgan fingerprint density at radius 1 is 1.33 bits per heavy atom. The summed E-state index contributed by atoms with van der Waals surface area (Å²) in [6.07, 6.45) is 0.865. The molecule has 0 aliphatic carbocycles. The van der Waals surface area contributed by atoms with E-state index in [0.717, 1.165) is 12.1 Å². The van der Waals surface area contributed by atoms with Crippen LogP contribution >= 0.6 is 11.6 Å². The van der Waals surface area contributed by atoms with Crippen molar-refractivity contribution in [2.24, 2.45) is 5.10 Å². The Morgan fingerprint density at radius 2 is 2.00 bits per heavy atom. The van der Waals surface area contributed by atoms with E-state index < -0.39 is 0 Å². The van der Waals surface area contributed by atoms with Crippen LogP contribution in [0.3, 0.4) is 0 Å². The van der Waals surface area contributed by atoms with E-state index in [1.165, 1.54) is 0 Å². The fraction of sp³-hybridized carbons (Fsp3) is 0.636. The van der Waals surface area contributed by atoms with E-state index >= 15 is 0 Å². The van der Waals surface area contributed by atoms with Crippen LogP contribution in [0.15, 0.2) is 5.10 Å². The van der Waals surface area contributed by atoms with Crippen molar-refractivity contribution in [1.29, 1.82) is 0 Å². The minimum Gasteiger partial charge on any atom is -0.368 e. The van der Waals surface area contributed by atoms with Crippen LogP contribution in [0.5, 0.6) is 0 Å². The highest BCUT2D eigenvalue weighted by Crippen LogP contribution is 2.31. The summed E-state index contributed by atoms with van der Waals surface area (Å²) < 4.78 is 0. The molecule has 98 valence electrons. The number of nitrogens with zero attached hydrogens (tertiary/aromatic N) is 5. The van der Waals surface area contributed by atoms with Crippen LogP contribution in [0.2, 0.25) is 0 Å². The zero-order valence-electron chi connectivity index (χ0n) is 11.0. The standard InChI is InChI=1S/C11H17ClN6/c1-6-5-11(3,4)18(17-6)10-15-8(7(2)12)14-9(13)16-10/h7H,5H2,1-4H3,(H2,13,14,15,16). The van der Waals surface area contributed by atoms with E-state index in [9.17, 15) is 0 Å². The second-order valence-corrected chi connectivity index (χ2v) is 5.76. The maximum absolute atomic E-state index is 5.99. The second kappa shape index (κ2) is 4.35. The molecule has 2 heterocycles. The number of hydrogen-bond acceptors (Lipinski definition) is 6. The molecule has 1 aliphatic heterocycles. The number of nitrogens with two attached hydrogens (primary N) is 1. The molecule has 0 aromatic carbocycles. The van der Waals surface area contributed by atoms with Crippen LogP contribution in [-0.2, 0) is 0 Å². The van der Waals surface area contributed by atoms with Crippen LogP contribution in [-0.4, -0.2) is 26.2 Å². The molecule has 1 unspecified atom stereocenters. The summed E-state index contributed by atoms with van der Waals surface area (Å²) in [4.78, 5) is 12.5. The van der Waals surface area contributed by atoms with Crippen molar-refractivity contribution < 1.29 is 0 Å². The maximum Gasteiger partial charge on any atom is 0.251 e. The van der Waals surface area contributed by atoms with E-state index in [2.05, 4.69) is 33.9 Å². The Balaban J connectivity index is 2.45. The zero-order valence-corrected chi connectivity index (χ0v) is 11.7. The molecular formula is C11H17ClN6. The third-order valence-corrected chi connectivity index (χ3v) is 2.93. The van der Waals surface area contributed by atoms with Gasteiger partial charge < -0.3 is 5.73 Å². The van der Waals surface area contributed by atoms with E-state index in [1.807, 2.05) is 6.92 Å². The van der Waals surface area contributed by atoms with Gasteiger partial charge in [0.05, 0.1) is 10.9 Å². The van der Waals surface area contributed by atoms with Crippen molar-refractivity contribution >= 4 is 29.2 Å². The highest BCUT2D eigenvalue weighted by atomic mass is 35.5. The predicted octanol–water partition coefficient (Wildman–Crippen LogP) is 2.12. The lowest BCUT2D eigenvalue weighted by atomic mass is 9.99. The van der Waals surface area contributed by atoms with Crippen molar-refractivity contribution in [3.8, 4) is 0 Å². The Kier molecular flexibility index (Phi) is 3.14. The smallest absolute Gasteiger partial charge is 0.251 e. The van der Waals surface area contributed by atoms with E-state index in [1.54, 1.807) is 11.9 Å². The first-order valence-electron chi connectivity index (χ1n) is 5.79. The van der Waals surface area contributed by atoms with E-state index in [-0.39, 0.29) is 16.9 Å². The number of hydrazone groups is 1. The largest absolute Gasteiger partial charge is 0.368 e. The molecule has 0 saturated carbocycles. The second-order valence-electron chi connectivity index (χ2n) is 5.10. The molecule has 7 heteroatoms. The van der Waals surface area contributed by atoms with Gasteiger partial charge >= 0.3 is 0 Å². The molecule has 2 rings (SSSR count). The lowest BCUT2D eigenvalue weighted by molar-refractivity contribution is 0.504. The number of rotatable bonds is 2. The van der Waals surface area contributed by atoms with Gasteiger partial charge in [0, 0.05) is 12.1 Å². The minimum absolute atomic E-state index is 0.162. The van der Waals surface area contributed by atoms with Gasteiger partial charge in [0.15, 0.2) is 5.82 Å². The van der Waals surface area contributed by atoms with Gasteiger partial charge in [-0.05, 0) is 27.7 Å². The molecule has 0 amide bonds. The van der Waals surface area contributed by atoms with Gasteiger partial charge in [-0.25, -0.2) is 5.01 Å². The van der Waals surface area contributed by atoms with Gasteiger partial charge in [-0.2, -0.15) is 20.1 Å². The van der Waals surface area contributed by atoms with Gasteiger partial charge in [0.25, 0.3) is 5.95 Å². The van der Waals surface area contributed by atoms with Crippen molar-refractivity contribution in [3.63, 3.8) is 0 Å². The van der Waals surface area contributed by atoms with Crippen LogP contribution in [0.25, 0.3) is 0 Å². The lowest BCUT2D eigenvalue weighted by Crippen LogP contribution is -2.37. The van der Waals surface area contributed by atoms with Crippen molar-refractivity contribution in [3.05, 3.63) is 5.82 Å². The zero-order chi connectivity index (χ0) is 13.5. The predicted molar refractivity (Wildman–Crippen MR) is 72.8 cm³/mol. The molecule has 0 fully saturated rings. The molecule has 0 spiro atoms. The lowest BCUT2D eigenvalue weighted by Gasteiger charge is -2.28. The first-order valence-corrected chi connectivity index (χ1v) is 6.23. The number of nitrogen functional groups attached to an aromatic ring is 1. The van der Waals surface area contributed by atoms with Crippen molar-refractivity contribution in [2.75, 3.05) is 10.7 Å². The third kappa shape index (κ3) is 2.38. The summed E-state index contributed by atoms with van der Waals surface area (Å²) in [5.74, 6) is 1.08. The summed E-state index contributed by atoms with van der Waals surface area (Å²) in [5.41, 5.74) is 6.57. The molecule has 1 atom stereocenters. The number of aromatic nitrogens is 3. The van der Waals surface area contributed by atoms with Crippen LogP contribution in [0.4, 0.5) is 11.9 Å². The monoisotopic (exact) mass is 268 g/mol. The highest BCUT2D eigenvalue weighted by molar-refractivity contribution is 6.20. The van der Waals surface area contributed by atoms with Gasteiger partial charge in [0.2, 0.25) is 5.95 Å². The SMILES string of the molecule is CC1=NN(c2nc(N)nc(C(C)Cl)n2)C(C)(C)C1. The van der Waals surface area contributed by atoms with Gasteiger partial charge in [-0.3, -0.25) is 0 Å². The highest BCUT2D eigenvalue weighted by Gasteiger charge is 2.35. The Morgan fingerprint density at radius 3 is 2.50 bits per heavy atom. The molecule has 0 saturated heterocycles. The van der Waals surface area contributed by atoms with Crippen molar-refractivity contribution in [2.45, 2.75) is 45.0 Å². The molecular weight excluding hydrogens is 252 g/mol.